The quantitative estimate of drug-likeness (QED) is 0.574. The van der Waals surface area contributed by atoms with Gasteiger partial charge in [-0.1, -0.05) is 0 Å². The van der Waals surface area contributed by atoms with Gasteiger partial charge in [-0.15, -0.1) is 0 Å². The van der Waals surface area contributed by atoms with Gasteiger partial charge in [0.05, 0.1) is 33.9 Å². The number of rotatable bonds is 7. The summed E-state index contributed by atoms with van der Waals surface area (Å²) in [5.41, 5.74) is 0.454. The van der Waals surface area contributed by atoms with Crippen LogP contribution in [0.4, 0.5) is 0 Å². The monoisotopic (exact) mass is 462 g/mol. The van der Waals surface area contributed by atoms with Gasteiger partial charge in [-0.3, -0.25) is 14.4 Å². The molecule has 2 heterocycles. The lowest BCUT2D eigenvalue weighted by atomic mass is 9.92. The van der Waals surface area contributed by atoms with Gasteiger partial charge in [0, 0.05) is 37.7 Å². The van der Waals surface area contributed by atoms with E-state index >= 15 is 0 Å². The lowest BCUT2D eigenvalue weighted by Gasteiger charge is -2.37. The van der Waals surface area contributed by atoms with Crippen LogP contribution in [0, 0.1) is 11.8 Å². The van der Waals surface area contributed by atoms with Crippen LogP contribution in [0.3, 0.4) is 0 Å². The Bertz CT molecular complexity index is 831. The summed E-state index contributed by atoms with van der Waals surface area (Å²) in [6.45, 7) is 4.34. The number of nitrogens with zero attached hydrogens (tertiary/aromatic N) is 2. The van der Waals surface area contributed by atoms with Gasteiger partial charge in [-0.25, -0.2) is 0 Å². The van der Waals surface area contributed by atoms with Crippen molar-refractivity contribution >= 4 is 17.8 Å². The number of carbonyl (C=O) groups is 3. The van der Waals surface area contributed by atoms with E-state index in [1.165, 1.54) is 21.3 Å². The standard InChI is InChI=1S/C24H34N2O7/c1-5-33-24(29)17-8-12-25(13-9-17)22(27)16-6-10-26(11-7-16)23(28)18-14-19(30-2)21(32-4)20(15-18)31-3/h14-17H,5-13H2,1-4H3. The molecular weight excluding hydrogens is 428 g/mol. The smallest absolute Gasteiger partial charge is 0.309 e. The molecule has 0 radical (unpaired) electrons. The zero-order chi connectivity index (χ0) is 24.0. The first-order chi connectivity index (χ1) is 15.9. The van der Waals surface area contributed by atoms with E-state index in [9.17, 15) is 14.4 Å². The predicted octanol–water partition coefficient (Wildman–Crippen LogP) is 2.37. The molecule has 9 heteroatoms. The molecule has 182 valence electrons. The first-order valence-electron chi connectivity index (χ1n) is 11.5. The Morgan fingerprint density at radius 1 is 0.818 bits per heavy atom. The number of amides is 2. The molecule has 1 aromatic carbocycles. The van der Waals surface area contributed by atoms with Crippen molar-refractivity contribution in [1.29, 1.82) is 0 Å². The molecule has 2 aliphatic rings. The number of esters is 1. The van der Waals surface area contributed by atoms with Crippen LogP contribution in [-0.2, 0) is 14.3 Å². The van der Waals surface area contributed by atoms with E-state index in [2.05, 4.69) is 0 Å². The highest BCUT2D eigenvalue weighted by molar-refractivity contribution is 5.96. The molecule has 2 saturated heterocycles. The third kappa shape index (κ3) is 5.51. The van der Waals surface area contributed by atoms with Gasteiger partial charge >= 0.3 is 5.97 Å². The van der Waals surface area contributed by atoms with E-state index in [-0.39, 0.29) is 29.6 Å². The number of hydrogen-bond donors (Lipinski definition) is 0. The van der Waals surface area contributed by atoms with Gasteiger partial charge in [-0.2, -0.15) is 0 Å². The van der Waals surface area contributed by atoms with E-state index in [1.807, 2.05) is 4.90 Å². The zero-order valence-electron chi connectivity index (χ0n) is 19.9. The van der Waals surface area contributed by atoms with Crippen molar-refractivity contribution in [3.8, 4) is 17.2 Å². The number of hydrogen-bond acceptors (Lipinski definition) is 7. The minimum absolute atomic E-state index is 0.104. The molecule has 9 nitrogen and oxygen atoms in total. The number of carbonyl (C=O) groups excluding carboxylic acids is 3. The van der Waals surface area contributed by atoms with Crippen LogP contribution in [0.5, 0.6) is 17.2 Å². The maximum Gasteiger partial charge on any atom is 0.309 e. The minimum Gasteiger partial charge on any atom is -0.493 e. The summed E-state index contributed by atoms with van der Waals surface area (Å²) in [6.07, 6.45) is 2.52. The summed E-state index contributed by atoms with van der Waals surface area (Å²) in [4.78, 5) is 41.6. The summed E-state index contributed by atoms with van der Waals surface area (Å²) < 4.78 is 21.1. The Kier molecular flexibility index (Phi) is 8.41. The largest absolute Gasteiger partial charge is 0.493 e. The van der Waals surface area contributed by atoms with E-state index in [0.29, 0.717) is 81.3 Å². The third-order valence-electron chi connectivity index (χ3n) is 6.47. The highest BCUT2D eigenvalue weighted by Gasteiger charge is 2.34. The molecule has 0 bridgehead atoms. The van der Waals surface area contributed by atoms with Gasteiger partial charge in [0.15, 0.2) is 11.5 Å². The van der Waals surface area contributed by atoms with Crippen molar-refractivity contribution in [2.24, 2.45) is 11.8 Å². The Balaban J connectivity index is 1.56. The van der Waals surface area contributed by atoms with Crippen LogP contribution in [0.1, 0.15) is 43.0 Å². The van der Waals surface area contributed by atoms with Crippen molar-refractivity contribution < 1.29 is 33.3 Å². The SMILES string of the molecule is CCOC(=O)C1CCN(C(=O)C2CCN(C(=O)c3cc(OC)c(OC)c(OC)c3)CC2)CC1. The van der Waals surface area contributed by atoms with Gasteiger partial charge in [0.25, 0.3) is 5.91 Å². The molecule has 2 aliphatic heterocycles. The fraction of sp³-hybridized carbons (Fsp3) is 0.625. The molecule has 0 aliphatic carbocycles. The molecule has 33 heavy (non-hydrogen) atoms. The van der Waals surface area contributed by atoms with E-state index in [0.717, 1.165) is 0 Å². The van der Waals surface area contributed by atoms with Crippen molar-refractivity contribution in [3.05, 3.63) is 17.7 Å². The number of ether oxygens (including phenoxy) is 4. The molecule has 1 aromatic rings. The van der Waals surface area contributed by atoms with Crippen LogP contribution in [0.2, 0.25) is 0 Å². The third-order valence-corrected chi connectivity index (χ3v) is 6.47. The molecule has 2 amide bonds. The van der Waals surface area contributed by atoms with Crippen molar-refractivity contribution in [2.45, 2.75) is 32.6 Å². The van der Waals surface area contributed by atoms with Crippen LogP contribution < -0.4 is 14.2 Å². The summed E-state index contributed by atoms with van der Waals surface area (Å²) in [6, 6.07) is 3.29. The topological polar surface area (TPSA) is 94.6 Å². The molecule has 0 atom stereocenters. The van der Waals surface area contributed by atoms with Crippen LogP contribution >= 0.6 is 0 Å². The van der Waals surface area contributed by atoms with Gasteiger partial charge < -0.3 is 28.7 Å². The zero-order valence-corrected chi connectivity index (χ0v) is 19.9. The second-order valence-corrected chi connectivity index (χ2v) is 8.33. The lowest BCUT2D eigenvalue weighted by Crippen LogP contribution is -2.47. The summed E-state index contributed by atoms with van der Waals surface area (Å²) >= 11 is 0. The van der Waals surface area contributed by atoms with Gasteiger partial charge in [0.1, 0.15) is 0 Å². The van der Waals surface area contributed by atoms with Gasteiger partial charge in [0.2, 0.25) is 11.7 Å². The second kappa shape index (κ2) is 11.2. The molecule has 3 rings (SSSR count). The van der Waals surface area contributed by atoms with Crippen molar-refractivity contribution in [1.82, 2.24) is 9.80 Å². The first kappa shape index (κ1) is 24.7. The van der Waals surface area contributed by atoms with Crippen LogP contribution in [0.25, 0.3) is 0 Å². The summed E-state index contributed by atoms with van der Waals surface area (Å²) in [5, 5.41) is 0. The van der Waals surface area contributed by atoms with E-state index in [1.54, 1.807) is 24.0 Å². The normalized spacial score (nSPS) is 17.5. The van der Waals surface area contributed by atoms with E-state index < -0.39 is 0 Å². The molecule has 0 unspecified atom stereocenters. The lowest BCUT2D eigenvalue weighted by molar-refractivity contribution is -0.152. The molecule has 0 N–H and O–H groups in total. The number of likely N-dealkylation sites (tertiary alicyclic amines) is 2. The molecular formula is C24H34N2O7. The highest BCUT2D eigenvalue weighted by Crippen LogP contribution is 2.38. The number of piperidine rings is 2. The van der Waals surface area contributed by atoms with E-state index in [4.69, 9.17) is 18.9 Å². The Hall–Kier alpha value is -2.97. The molecule has 0 spiro atoms. The second-order valence-electron chi connectivity index (χ2n) is 8.33. The average molecular weight is 463 g/mol. The highest BCUT2D eigenvalue weighted by atomic mass is 16.5. The minimum atomic E-state index is -0.164. The van der Waals surface area contributed by atoms with Crippen molar-refractivity contribution in [2.75, 3.05) is 54.1 Å². The first-order valence-corrected chi connectivity index (χ1v) is 11.5. The molecule has 0 aromatic heterocycles. The maximum absolute atomic E-state index is 13.1. The molecule has 0 saturated carbocycles. The fourth-order valence-corrected chi connectivity index (χ4v) is 4.57. The number of benzene rings is 1. The summed E-state index contributed by atoms with van der Waals surface area (Å²) in [7, 11) is 4.54. The van der Waals surface area contributed by atoms with Crippen LogP contribution in [-0.4, -0.2) is 81.7 Å². The molecule has 2 fully saturated rings. The maximum atomic E-state index is 13.1. The number of methoxy groups -OCH3 is 3. The predicted molar refractivity (Wildman–Crippen MR) is 121 cm³/mol. The average Bonchev–Trinajstić information content (AvgIpc) is 2.87. The Morgan fingerprint density at radius 2 is 1.33 bits per heavy atom. The van der Waals surface area contributed by atoms with Crippen molar-refractivity contribution in [3.63, 3.8) is 0 Å². The fourth-order valence-electron chi connectivity index (χ4n) is 4.57. The Morgan fingerprint density at radius 3 is 1.82 bits per heavy atom. The van der Waals surface area contributed by atoms with Gasteiger partial charge in [-0.05, 0) is 44.7 Å². The summed E-state index contributed by atoms with van der Waals surface area (Å²) in [5.74, 6) is 0.899. The van der Waals surface area contributed by atoms with Crippen LogP contribution in [0.15, 0.2) is 12.1 Å². The Labute approximate surface area is 194 Å².